The molecule has 154 valence electrons. The van der Waals surface area contributed by atoms with Gasteiger partial charge in [-0.3, -0.25) is 19.4 Å². The van der Waals surface area contributed by atoms with Gasteiger partial charge in [-0.2, -0.15) is 5.11 Å². The van der Waals surface area contributed by atoms with Gasteiger partial charge in [0.1, 0.15) is 12.4 Å². The van der Waals surface area contributed by atoms with E-state index in [9.17, 15) is 18.8 Å². The van der Waals surface area contributed by atoms with E-state index in [1.54, 1.807) is 0 Å². The molecule has 2 aromatic rings. The van der Waals surface area contributed by atoms with Crippen molar-refractivity contribution in [1.82, 2.24) is 5.01 Å². The van der Waals surface area contributed by atoms with Crippen molar-refractivity contribution in [2.75, 3.05) is 16.8 Å². The number of aryl methyl sites for hydroxylation is 2. The Bertz CT molecular complexity index is 1110. The van der Waals surface area contributed by atoms with Crippen molar-refractivity contribution in [3.8, 4) is 0 Å². The lowest BCUT2D eigenvalue weighted by Gasteiger charge is -2.20. The number of hydrogen-bond acceptors (Lipinski definition) is 6. The number of halogens is 2. The zero-order valence-corrected chi connectivity index (χ0v) is 16.9. The molecule has 1 fully saturated rings. The van der Waals surface area contributed by atoms with Crippen LogP contribution in [0, 0.1) is 19.7 Å². The van der Waals surface area contributed by atoms with Crippen LogP contribution in [0.25, 0.3) is 0 Å². The predicted octanol–water partition coefficient (Wildman–Crippen LogP) is 3.03. The van der Waals surface area contributed by atoms with E-state index in [0.717, 1.165) is 22.1 Å². The second-order valence-corrected chi connectivity index (χ2v) is 7.58. The van der Waals surface area contributed by atoms with Gasteiger partial charge in [-0.15, -0.1) is 0 Å². The number of amides is 3. The Morgan fingerprint density at radius 3 is 2.67 bits per heavy atom. The van der Waals surface area contributed by atoms with Crippen LogP contribution in [-0.2, 0) is 14.4 Å². The molecule has 2 aromatic carbocycles. The summed E-state index contributed by atoms with van der Waals surface area (Å²) in [4.78, 5) is 39.0. The van der Waals surface area contributed by atoms with E-state index in [2.05, 4.69) is 15.7 Å². The zero-order chi connectivity index (χ0) is 21.6. The lowest BCUT2D eigenvalue weighted by Crippen LogP contribution is -2.43. The molecular formula is C20H17ClFN5O3. The molecule has 2 atom stereocenters. The summed E-state index contributed by atoms with van der Waals surface area (Å²) in [7, 11) is 0. The molecule has 2 heterocycles. The maximum atomic E-state index is 13.4. The van der Waals surface area contributed by atoms with E-state index >= 15 is 0 Å². The first-order chi connectivity index (χ1) is 14.3. The highest BCUT2D eigenvalue weighted by Gasteiger charge is 2.55. The average molecular weight is 430 g/mol. The summed E-state index contributed by atoms with van der Waals surface area (Å²) in [5, 5.41) is 11.5. The molecular weight excluding hydrogens is 413 g/mol. The molecule has 1 saturated heterocycles. The van der Waals surface area contributed by atoms with Crippen molar-refractivity contribution in [2.45, 2.75) is 25.9 Å². The molecule has 4 rings (SSSR count). The topological polar surface area (TPSA) is 94.4 Å². The van der Waals surface area contributed by atoms with Gasteiger partial charge >= 0.3 is 0 Å². The Hall–Kier alpha value is -3.33. The number of benzene rings is 2. The second kappa shape index (κ2) is 7.49. The van der Waals surface area contributed by atoms with Crippen LogP contribution >= 0.6 is 11.6 Å². The summed E-state index contributed by atoms with van der Waals surface area (Å²) in [6.45, 7) is 3.52. The summed E-state index contributed by atoms with van der Waals surface area (Å²) in [5.74, 6) is -2.26. The Morgan fingerprint density at radius 2 is 1.93 bits per heavy atom. The molecule has 0 radical (unpaired) electrons. The van der Waals surface area contributed by atoms with Gasteiger partial charge in [0, 0.05) is 5.69 Å². The van der Waals surface area contributed by atoms with Crippen molar-refractivity contribution in [3.05, 3.63) is 58.4 Å². The van der Waals surface area contributed by atoms with Crippen molar-refractivity contribution in [1.29, 1.82) is 0 Å². The normalized spacial score (nSPS) is 20.1. The molecule has 2 aliphatic rings. The number of hydrogen-bond donors (Lipinski definition) is 1. The number of rotatable bonds is 4. The fraction of sp³-hybridized carbons (Fsp3) is 0.250. The Labute approximate surface area is 176 Å². The smallest absolute Gasteiger partial charge is 0.263 e. The summed E-state index contributed by atoms with van der Waals surface area (Å²) in [6, 6.07) is 7.12. The van der Waals surface area contributed by atoms with E-state index in [0.29, 0.717) is 5.69 Å². The van der Waals surface area contributed by atoms with Crippen LogP contribution in [0.2, 0.25) is 5.02 Å². The first-order valence-corrected chi connectivity index (χ1v) is 9.51. The van der Waals surface area contributed by atoms with E-state index in [1.165, 1.54) is 17.1 Å². The third-order valence-electron chi connectivity index (χ3n) is 4.99. The Kier molecular flexibility index (Phi) is 4.98. The highest BCUT2D eigenvalue weighted by molar-refractivity contribution is 6.32. The number of carbonyl (C=O) groups excluding carboxylic acids is 3. The molecule has 0 aromatic heterocycles. The van der Waals surface area contributed by atoms with Crippen molar-refractivity contribution >= 4 is 40.7 Å². The monoisotopic (exact) mass is 429 g/mol. The molecule has 0 unspecified atom stereocenters. The zero-order valence-electron chi connectivity index (χ0n) is 16.1. The van der Waals surface area contributed by atoms with E-state index in [4.69, 9.17) is 11.6 Å². The maximum Gasteiger partial charge on any atom is 0.263 e. The fourth-order valence-corrected chi connectivity index (χ4v) is 3.61. The summed E-state index contributed by atoms with van der Waals surface area (Å²) in [6.07, 6.45) is 0. The second-order valence-electron chi connectivity index (χ2n) is 7.17. The molecule has 2 aliphatic heterocycles. The number of imide groups is 1. The molecule has 10 heteroatoms. The molecule has 3 amide bonds. The van der Waals surface area contributed by atoms with Crippen LogP contribution in [0.5, 0.6) is 0 Å². The molecule has 30 heavy (non-hydrogen) atoms. The van der Waals surface area contributed by atoms with Gasteiger partial charge < -0.3 is 5.32 Å². The standard InChI is InChI=1S/C20H17ClFN5O3/c1-10-3-4-11(2)15(7-10)23-16(28)9-26-18-17(24-25-26)19(29)27(20(18)30)12-5-6-14(22)13(21)8-12/h3-8,17-18H,9H2,1-2H3,(H,23,28)/t17-,18+/m1/s1. The van der Waals surface area contributed by atoms with Gasteiger partial charge in [0.25, 0.3) is 11.8 Å². The van der Waals surface area contributed by atoms with Gasteiger partial charge in [0.2, 0.25) is 5.91 Å². The number of fused-ring (bicyclic) bond motifs is 1. The third kappa shape index (κ3) is 3.41. The number of anilines is 2. The van der Waals surface area contributed by atoms with E-state index in [-0.39, 0.29) is 17.3 Å². The van der Waals surface area contributed by atoms with Crippen LogP contribution in [0.4, 0.5) is 15.8 Å². The molecule has 0 spiro atoms. The highest BCUT2D eigenvalue weighted by Crippen LogP contribution is 2.33. The number of nitrogens with one attached hydrogen (secondary N) is 1. The summed E-state index contributed by atoms with van der Waals surface area (Å²) in [5.41, 5.74) is 2.67. The number of nitrogens with zero attached hydrogens (tertiary/aromatic N) is 4. The van der Waals surface area contributed by atoms with Gasteiger partial charge in [-0.1, -0.05) is 29.0 Å². The Morgan fingerprint density at radius 1 is 1.17 bits per heavy atom. The van der Waals surface area contributed by atoms with Crippen LogP contribution in [0.1, 0.15) is 11.1 Å². The van der Waals surface area contributed by atoms with E-state index in [1.807, 2.05) is 32.0 Å². The predicted molar refractivity (Wildman–Crippen MR) is 108 cm³/mol. The van der Waals surface area contributed by atoms with Crippen LogP contribution in [-0.4, -0.2) is 41.4 Å². The van der Waals surface area contributed by atoms with Crippen LogP contribution in [0.3, 0.4) is 0 Å². The minimum Gasteiger partial charge on any atom is -0.324 e. The highest BCUT2D eigenvalue weighted by atomic mass is 35.5. The first-order valence-electron chi connectivity index (χ1n) is 9.13. The van der Waals surface area contributed by atoms with Crippen molar-refractivity contribution in [2.24, 2.45) is 10.3 Å². The average Bonchev–Trinajstić information content (AvgIpc) is 3.21. The van der Waals surface area contributed by atoms with Crippen LogP contribution < -0.4 is 10.2 Å². The van der Waals surface area contributed by atoms with E-state index < -0.39 is 35.6 Å². The lowest BCUT2D eigenvalue weighted by atomic mass is 10.1. The summed E-state index contributed by atoms with van der Waals surface area (Å²) < 4.78 is 13.4. The molecule has 0 aliphatic carbocycles. The minimum absolute atomic E-state index is 0.140. The van der Waals surface area contributed by atoms with Gasteiger partial charge in [-0.25, -0.2) is 9.29 Å². The molecule has 0 saturated carbocycles. The quantitative estimate of drug-likeness (QED) is 0.756. The molecule has 0 bridgehead atoms. The van der Waals surface area contributed by atoms with Gasteiger partial charge in [0.05, 0.1) is 10.7 Å². The largest absolute Gasteiger partial charge is 0.324 e. The third-order valence-corrected chi connectivity index (χ3v) is 5.28. The van der Waals surface area contributed by atoms with Crippen molar-refractivity contribution in [3.63, 3.8) is 0 Å². The Balaban J connectivity index is 1.51. The summed E-state index contributed by atoms with van der Waals surface area (Å²) >= 11 is 5.78. The van der Waals surface area contributed by atoms with Gasteiger partial charge in [0.15, 0.2) is 12.1 Å². The van der Waals surface area contributed by atoms with Crippen LogP contribution in [0.15, 0.2) is 46.7 Å². The molecule has 8 nitrogen and oxygen atoms in total. The fourth-order valence-electron chi connectivity index (χ4n) is 3.44. The first kappa shape index (κ1) is 20.0. The minimum atomic E-state index is -1.06. The lowest BCUT2D eigenvalue weighted by molar-refractivity contribution is -0.123. The van der Waals surface area contributed by atoms with Gasteiger partial charge in [-0.05, 0) is 49.2 Å². The van der Waals surface area contributed by atoms with Crippen molar-refractivity contribution < 1.29 is 18.8 Å². The number of carbonyl (C=O) groups is 3. The SMILES string of the molecule is Cc1ccc(C)c(NC(=O)CN2N=N[C@H]3C(=O)N(c4ccc(F)c(Cl)c4)C(=O)[C@H]32)c1. The maximum absolute atomic E-state index is 13.4. The molecule has 1 N–H and O–H groups in total.